The monoisotopic (exact) mass is 256 g/mol. The van der Waals surface area contributed by atoms with Gasteiger partial charge in [-0.05, 0) is 32.9 Å². The third-order valence-electron chi connectivity index (χ3n) is 3.54. The quantitative estimate of drug-likeness (QED) is 0.886. The number of nitrogens with one attached hydrogen (secondary N) is 1. The first-order valence-corrected chi connectivity index (χ1v) is 7.92. The minimum atomic E-state index is 0.466. The molecular formula is C12H20N2S2. The normalized spacial score (nSPS) is 18.9. The minimum absolute atomic E-state index is 0.466. The third kappa shape index (κ3) is 2.54. The minimum Gasteiger partial charge on any atom is -0.360 e. The summed E-state index contributed by atoms with van der Waals surface area (Å²) in [5, 5.41) is 4.62. The van der Waals surface area contributed by atoms with E-state index in [1.165, 1.54) is 30.6 Å². The summed E-state index contributed by atoms with van der Waals surface area (Å²) in [5.74, 6) is 0. The highest BCUT2D eigenvalue weighted by molar-refractivity contribution is 8.00. The van der Waals surface area contributed by atoms with E-state index in [0.717, 1.165) is 17.4 Å². The van der Waals surface area contributed by atoms with Crippen LogP contribution in [0.3, 0.4) is 0 Å². The Hall–Kier alpha value is -0.220. The molecule has 1 N–H and O–H groups in total. The summed E-state index contributed by atoms with van der Waals surface area (Å²) in [5.41, 5.74) is 1.16. The molecule has 1 aliphatic carbocycles. The van der Waals surface area contributed by atoms with Crippen LogP contribution in [0.15, 0.2) is 0 Å². The van der Waals surface area contributed by atoms with E-state index in [0.29, 0.717) is 4.75 Å². The Kier molecular flexibility index (Phi) is 3.80. The lowest BCUT2D eigenvalue weighted by Crippen LogP contribution is -2.29. The van der Waals surface area contributed by atoms with Crippen LogP contribution >= 0.6 is 23.1 Å². The molecule has 2 nitrogen and oxygen atoms in total. The lowest BCUT2D eigenvalue weighted by molar-refractivity contribution is 0.639. The van der Waals surface area contributed by atoms with Crippen LogP contribution in [0.4, 0.5) is 5.13 Å². The predicted octanol–water partition coefficient (Wildman–Crippen LogP) is 3.85. The lowest BCUT2D eigenvalue weighted by atomic mass is 10.1. The number of aromatic nitrogens is 1. The van der Waals surface area contributed by atoms with Gasteiger partial charge in [0.25, 0.3) is 0 Å². The van der Waals surface area contributed by atoms with Gasteiger partial charge in [-0.15, -0.1) is 11.3 Å². The van der Waals surface area contributed by atoms with E-state index in [1.807, 2.05) is 11.8 Å². The highest BCUT2D eigenvalue weighted by Gasteiger charge is 2.32. The zero-order valence-corrected chi connectivity index (χ0v) is 11.9. The first-order valence-electron chi connectivity index (χ1n) is 5.88. The molecule has 0 bridgehead atoms. The van der Waals surface area contributed by atoms with E-state index >= 15 is 0 Å². The van der Waals surface area contributed by atoms with Crippen LogP contribution in [0.5, 0.6) is 0 Å². The van der Waals surface area contributed by atoms with E-state index in [4.69, 9.17) is 0 Å². The molecule has 0 amide bonds. The van der Waals surface area contributed by atoms with Gasteiger partial charge in [0.15, 0.2) is 5.13 Å². The summed E-state index contributed by atoms with van der Waals surface area (Å²) in [6.45, 7) is 5.29. The Morgan fingerprint density at radius 3 is 2.56 bits per heavy atom. The van der Waals surface area contributed by atoms with E-state index in [-0.39, 0.29) is 0 Å². The van der Waals surface area contributed by atoms with Crippen molar-refractivity contribution in [3.8, 4) is 0 Å². The van der Waals surface area contributed by atoms with Crippen LogP contribution in [0, 0.1) is 13.8 Å². The summed E-state index contributed by atoms with van der Waals surface area (Å²) < 4.78 is 0.466. The average Bonchev–Trinajstić information content (AvgIpc) is 2.85. The first kappa shape index (κ1) is 12.2. The molecule has 1 aromatic heterocycles. The van der Waals surface area contributed by atoms with Crippen LogP contribution in [0.2, 0.25) is 0 Å². The fourth-order valence-corrected chi connectivity index (χ4v) is 3.98. The van der Waals surface area contributed by atoms with Gasteiger partial charge in [-0.1, -0.05) is 12.8 Å². The maximum Gasteiger partial charge on any atom is 0.183 e. The van der Waals surface area contributed by atoms with Gasteiger partial charge in [-0.2, -0.15) is 11.8 Å². The van der Waals surface area contributed by atoms with Crippen molar-refractivity contribution in [1.29, 1.82) is 0 Å². The Morgan fingerprint density at radius 1 is 1.38 bits per heavy atom. The van der Waals surface area contributed by atoms with Crippen molar-refractivity contribution in [1.82, 2.24) is 4.98 Å². The molecule has 1 saturated carbocycles. The maximum absolute atomic E-state index is 4.53. The van der Waals surface area contributed by atoms with Crippen molar-refractivity contribution in [2.75, 3.05) is 18.1 Å². The van der Waals surface area contributed by atoms with Crippen LogP contribution in [-0.2, 0) is 0 Å². The molecule has 0 radical (unpaired) electrons. The van der Waals surface area contributed by atoms with Gasteiger partial charge in [0.1, 0.15) is 0 Å². The van der Waals surface area contributed by atoms with Crippen LogP contribution in [0.25, 0.3) is 0 Å². The molecule has 1 aromatic rings. The molecule has 1 aliphatic rings. The number of nitrogens with zero attached hydrogens (tertiary/aromatic N) is 1. The lowest BCUT2D eigenvalue weighted by Gasteiger charge is -2.26. The fraction of sp³-hybridized carbons (Fsp3) is 0.750. The summed E-state index contributed by atoms with van der Waals surface area (Å²) in [7, 11) is 0. The van der Waals surface area contributed by atoms with E-state index in [9.17, 15) is 0 Å². The molecule has 2 rings (SSSR count). The Bertz CT molecular complexity index is 334. The summed E-state index contributed by atoms with van der Waals surface area (Å²) in [6, 6.07) is 0. The van der Waals surface area contributed by atoms with Gasteiger partial charge in [-0.3, -0.25) is 0 Å². The Balaban J connectivity index is 1.95. The van der Waals surface area contributed by atoms with Crippen molar-refractivity contribution in [3.05, 3.63) is 10.6 Å². The summed E-state index contributed by atoms with van der Waals surface area (Å²) in [6.07, 6.45) is 7.72. The number of aryl methyl sites for hydroxylation is 2. The molecular weight excluding hydrogens is 236 g/mol. The van der Waals surface area contributed by atoms with Crippen LogP contribution < -0.4 is 5.32 Å². The van der Waals surface area contributed by atoms with Crippen molar-refractivity contribution >= 4 is 28.2 Å². The Labute approximate surface area is 106 Å². The molecule has 0 atom stereocenters. The smallest absolute Gasteiger partial charge is 0.183 e. The highest BCUT2D eigenvalue weighted by atomic mass is 32.2. The van der Waals surface area contributed by atoms with Crippen LogP contribution in [0.1, 0.15) is 36.3 Å². The zero-order chi connectivity index (χ0) is 11.6. The molecule has 1 fully saturated rings. The molecule has 0 aliphatic heterocycles. The average molecular weight is 256 g/mol. The number of thioether (sulfide) groups is 1. The van der Waals surface area contributed by atoms with Gasteiger partial charge in [0.2, 0.25) is 0 Å². The maximum atomic E-state index is 4.53. The SMILES string of the molecule is CSC1(CNc2nc(C)c(C)s2)CCCC1. The second-order valence-corrected chi connectivity index (χ2v) is 7.09. The van der Waals surface area contributed by atoms with Crippen molar-refractivity contribution in [2.45, 2.75) is 44.3 Å². The van der Waals surface area contributed by atoms with Crippen molar-refractivity contribution in [2.24, 2.45) is 0 Å². The molecule has 1 heterocycles. The number of hydrogen-bond acceptors (Lipinski definition) is 4. The zero-order valence-electron chi connectivity index (χ0n) is 10.3. The summed E-state index contributed by atoms with van der Waals surface area (Å²) in [4.78, 5) is 5.86. The van der Waals surface area contributed by atoms with E-state index in [1.54, 1.807) is 11.3 Å². The summed E-state index contributed by atoms with van der Waals surface area (Å²) >= 11 is 3.80. The van der Waals surface area contributed by atoms with Crippen LogP contribution in [-0.4, -0.2) is 22.5 Å². The third-order valence-corrected chi connectivity index (χ3v) is 5.99. The molecule has 0 saturated heterocycles. The number of rotatable bonds is 4. The van der Waals surface area contributed by atoms with Crippen molar-refractivity contribution in [3.63, 3.8) is 0 Å². The molecule has 0 spiro atoms. The topological polar surface area (TPSA) is 24.9 Å². The fourth-order valence-electron chi connectivity index (χ4n) is 2.26. The number of hydrogen-bond donors (Lipinski definition) is 1. The second-order valence-electron chi connectivity index (χ2n) is 4.61. The molecule has 16 heavy (non-hydrogen) atoms. The standard InChI is InChI=1S/C12H20N2S2/c1-9-10(2)16-11(14-9)13-8-12(15-3)6-4-5-7-12/h4-8H2,1-3H3,(H,13,14). The molecule has 90 valence electrons. The van der Waals surface area contributed by atoms with Gasteiger partial charge in [0.05, 0.1) is 5.69 Å². The number of thiazole rings is 1. The van der Waals surface area contributed by atoms with Gasteiger partial charge < -0.3 is 5.32 Å². The molecule has 0 aromatic carbocycles. The number of anilines is 1. The second kappa shape index (κ2) is 4.96. The predicted molar refractivity (Wildman–Crippen MR) is 74.8 cm³/mol. The van der Waals surface area contributed by atoms with Crippen molar-refractivity contribution < 1.29 is 0 Å². The van der Waals surface area contributed by atoms with Gasteiger partial charge in [-0.25, -0.2) is 4.98 Å². The Morgan fingerprint density at radius 2 is 2.06 bits per heavy atom. The molecule has 0 unspecified atom stereocenters. The van der Waals surface area contributed by atoms with Gasteiger partial charge in [0, 0.05) is 16.2 Å². The highest BCUT2D eigenvalue weighted by Crippen LogP contribution is 2.40. The molecule has 4 heteroatoms. The van der Waals surface area contributed by atoms with E-state index in [2.05, 4.69) is 30.4 Å². The van der Waals surface area contributed by atoms with Gasteiger partial charge >= 0.3 is 0 Å². The van der Waals surface area contributed by atoms with E-state index < -0.39 is 0 Å². The first-order chi connectivity index (χ1) is 7.65. The largest absolute Gasteiger partial charge is 0.360 e.